The van der Waals surface area contributed by atoms with Crippen LogP contribution < -0.4 is 9.62 Å². The lowest BCUT2D eigenvalue weighted by molar-refractivity contribution is -0.139. The molecule has 0 aliphatic carbocycles. The van der Waals surface area contributed by atoms with Crippen molar-refractivity contribution in [3.8, 4) is 0 Å². The molecule has 0 saturated carbocycles. The van der Waals surface area contributed by atoms with Crippen molar-refractivity contribution in [3.63, 3.8) is 0 Å². The molecule has 0 heterocycles. The van der Waals surface area contributed by atoms with E-state index in [4.69, 9.17) is 11.6 Å². The molecule has 7 nitrogen and oxygen atoms in total. The van der Waals surface area contributed by atoms with Crippen molar-refractivity contribution < 1.29 is 18.0 Å². The number of anilines is 1. The molecule has 0 aromatic heterocycles. The Bertz CT molecular complexity index is 1420. The van der Waals surface area contributed by atoms with Crippen molar-refractivity contribution in [2.45, 2.75) is 57.6 Å². The summed E-state index contributed by atoms with van der Waals surface area (Å²) in [5.41, 5.74) is 1.71. The first kappa shape index (κ1) is 30.7. The molecule has 2 amide bonds. The summed E-state index contributed by atoms with van der Waals surface area (Å²) in [6, 6.07) is 19.3. The maximum absolute atomic E-state index is 14.0. The molecule has 0 radical (unpaired) electrons. The second-order valence-electron chi connectivity index (χ2n) is 9.40. The van der Waals surface area contributed by atoms with Crippen LogP contribution in [0.4, 0.5) is 5.69 Å². The molecule has 10 heteroatoms. The van der Waals surface area contributed by atoms with Crippen LogP contribution in [0.3, 0.4) is 0 Å². The summed E-state index contributed by atoms with van der Waals surface area (Å²) in [6.45, 7) is 6.84. The SMILES string of the molecule is CC[C@@H](C)NC(=O)[C@H](C)N(Cc1cccc(Br)c1)C(=O)CN(c1cc(Cl)ccc1C)S(=O)(=O)c1ccccc1. The Morgan fingerprint density at radius 2 is 1.69 bits per heavy atom. The fraction of sp³-hybridized carbons (Fsp3) is 0.310. The molecule has 3 aromatic rings. The van der Waals surface area contributed by atoms with Gasteiger partial charge in [0.25, 0.3) is 10.0 Å². The Hall–Kier alpha value is -2.88. The van der Waals surface area contributed by atoms with Gasteiger partial charge in [-0.1, -0.05) is 70.9 Å². The molecule has 0 bridgehead atoms. The van der Waals surface area contributed by atoms with Crippen molar-refractivity contribution >= 4 is 55.1 Å². The quantitative estimate of drug-likeness (QED) is 0.283. The van der Waals surface area contributed by atoms with Crippen LogP contribution in [0.15, 0.2) is 82.2 Å². The highest BCUT2D eigenvalue weighted by molar-refractivity contribution is 9.10. The number of nitrogens with zero attached hydrogens (tertiary/aromatic N) is 2. The van der Waals surface area contributed by atoms with Gasteiger partial charge in [-0.3, -0.25) is 13.9 Å². The highest BCUT2D eigenvalue weighted by Gasteiger charge is 2.33. The van der Waals surface area contributed by atoms with Crippen LogP contribution in [-0.2, 0) is 26.2 Å². The lowest BCUT2D eigenvalue weighted by Gasteiger charge is -2.33. The molecule has 2 atom stereocenters. The number of nitrogens with one attached hydrogen (secondary N) is 1. The van der Waals surface area contributed by atoms with Crippen LogP contribution in [0.1, 0.15) is 38.3 Å². The number of aryl methyl sites for hydroxylation is 1. The maximum Gasteiger partial charge on any atom is 0.264 e. The smallest absolute Gasteiger partial charge is 0.264 e. The molecule has 0 aliphatic rings. The molecule has 0 unspecified atom stereocenters. The Labute approximate surface area is 244 Å². The molecule has 0 fully saturated rings. The predicted molar refractivity (Wildman–Crippen MR) is 159 cm³/mol. The van der Waals surface area contributed by atoms with Gasteiger partial charge in [-0.05, 0) is 74.7 Å². The van der Waals surface area contributed by atoms with E-state index < -0.39 is 28.5 Å². The minimum Gasteiger partial charge on any atom is -0.352 e. The molecular formula is C29H33BrClN3O4S. The zero-order valence-electron chi connectivity index (χ0n) is 22.4. The number of carbonyl (C=O) groups is 2. The van der Waals surface area contributed by atoms with Gasteiger partial charge in [-0.2, -0.15) is 0 Å². The van der Waals surface area contributed by atoms with Crippen molar-refractivity contribution in [1.82, 2.24) is 10.2 Å². The Morgan fingerprint density at radius 3 is 2.33 bits per heavy atom. The standard InChI is InChI=1S/C29H33BrClN3O4S/c1-5-21(3)32-29(36)22(4)33(18-23-10-9-11-24(30)16-23)28(35)19-34(27-17-25(31)15-14-20(27)2)39(37,38)26-12-7-6-8-13-26/h6-17,21-22H,5,18-19H2,1-4H3,(H,32,36)/t21-,22+/m1/s1. The largest absolute Gasteiger partial charge is 0.352 e. The molecule has 0 saturated heterocycles. The molecular weight excluding hydrogens is 602 g/mol. The van der Waals surface area contributed by atoms with E-state index in [1.54, 1.807) is 44.2 Å². The Morgan fingerprint density at radius 1 is 1.00 bits per heavy atom. The zero-order valence-corrected chi connectivity index (χ0v) is 25.6. The maximum atomic E-state index is 14.0. The number of rotatable bonds is 11. The number of amides is 2. The molecule has 3 rings (SSSR count). The average molecular weight is 635 g/mol. The number of carbonyl (C=O) groups excluding carboxylic acids is 2. The van der Waals surface area contributed by atoms with Crippen LogP contribution in [0.2, 0.25) is 5.02 Å². The Balaban J connectivity index is 2.06. The van der Waals surface area contributed by atoms with Gasteiger partial charge in [0.15, 0.2) is 0 Å². The van der Waals surface area contributed by atoms with Gasteiger partial charge in [0.1, 0.15) is 12.6 Å². The predicted octanol–water partition coefficient (Wildman–Crippen LogP) is 5.94. The van der Waals surface area contributed by atoms with Gasteiger partial charge in [0, 0.05) is 22.1 Å². The van der Waals surface area contributed by atoms with Crippen molar-refractivity contribution in [3.05, 3.63) is 93.4 Å². The van der Waals surface area contributed by atoms with Crippen molar-refractivity contribution in [2.24, 2.45) is 0 Å². The van der Waals surface area contributed by atoms with Gasteiger partial charge in [0.2, 0.25) is 11.8 Å². The van der Waals surface area contributed by atoms with E-state index in [2.05, 4.69) is 21.2 Å². The number of halogens is 2. The van der Waals surface area contributed by atoms with Crippen molar-refractivity contribution in [1.29, 1.82) is 0 Å². The van der Waals surface area contributed by atoms with Crippen LogP contribution in [0, 0.1) is 6.92 Å². The summed E-state index contributed by atoms with van der Waals surface area (Å²) >= 11 is 9.71. The van der Waals surface area contributed by atoms with Crippen LogP contribution in [0.25, 0.3) is 0 Å². The first-order valence-electron chi connectivity index (χ1n) is 12.6. The van der Waals surface area contributed by atoms with Crippen LogP contribution in [-0.4, -0.2) is 43.8 Å². The van der Waals surface area contributed by atoms with Gasteiger partial charge >= 0.3 is 0 Å². The summed E-state index contributed by atoms with van der Waals surface area (Å²) in [5, 5.41) is 3.26. The fourth-order valence-electron chi connectivity index (χ4n) is 3.96. The molecule has 0 spiro atoms. The Kier molecular flexibility index (Phi) is 10.6. The highest BCUT2D eigenvalue weighted by atomic mass is 79.9. The van der Waals surface area contributed by atoms with E-state index in [1.165, 1.54) is 23.1 Å². The van der Waals surface area contributed by atoms with Gasteiger partial charge < -0.3 is 10.2 Å². The normalized spacial score (nSPS) is 12.9. The van der Waals surface area contributed by atoms with Crippen LogP contribution in [0.5, 0.6) is 0 Å². The molecule has 3 aromatic carbocycles. The van der Waals surface area contributed by atoms with Gasteiger partial charge in [-0.25, -0.2) is 8.42 Å². The summed E-state index contributed by atoms with van der Waals surface area (Å²) in [7, 11) is -4.15. The summed E-state index contributed by atoms with van der Waals surface area (Å²) in [6.07, 6.45) is 0.731. The topological polar surface area (TPSA) is 86.8 Å². The average Bonchev–Trinajstić information content (AvgIpc) is 2.91. The lowest BCUT2D eigenvalue weighted by Crippen LogP contribution is -2.52. The lowest BCUT2D eigenvalue weighted by atomic mass is 10.1. The second kappa shape index (κ2) is 13.5. The van der Waals surface area contributed by atoms with E-state index in [9.17, 15) is 18.0 Å². The van der Waals surface area contributed by atoms with E-state index >= 15 is 0 Å². The van der Waals surface area contributed by atoms with Gasteiger partial charge in [-0.15, -0.1) is 0 Å². The van der Waals surface area contributed by atoms with Crippen LogP contribution >= 0.6 is 27.5 Å². The minimum absolute atomic E-state index is 0.0401. The summed E-state index contributed by atoms with van der Waals surface area (Å²) < 4.78 is 29.6. The van der Waals surface area contributed by atoms with E-state index in [0.717, 1.165) is 20.8 Å². The fourth-order valence-corrected chi connectivity index (χ4v) is 6.07. The first-order chi connectivity index (χ1) is 18.4. The molecule has 208 valence electrons. The third-order valence-corrected chi connectivity index (χ3v) is 8.96. The van der Waals surface area contributed by atoms with Crippen molar-refractivity contribution in [2.75, 3.05) is 10.8 Å². The number of sulfonamides is 1. The molecule has 0 aliphatic heterocycles. The summed E-state index contributed by atoms with van der Waals surface area (Å²) in [4.78, 5) is 28.6. The second-order valence-corrected chi connectivity index (χ2v) is 12.6. The monoisotopic (exact) mass is 633 g/mol. The third-order valence-electron chi connectivity index (χ3n) is 6.46. The molecule has 1 N–H and O–H groups in total. The third kappa shape index (κ3) is 7.84. The molecule has 39 heavy (non-hydrogen) atoms. The minimum atomic E-state index is -4.15. The van der Waals surface area contributed by atoms with E-state index in [-0.39, 0.29) is 23.4 Å². The van der Waals surface area contributed by atoms with E-state index in [1.807, 2.05) is 38.1 Å². The number of benzene rings is 3. The number of hydrogen-bond acceptors (Lipinski definition) is 4. The highest BCUT2D eigenvalue weighted by Crippen LogP contribution is 2.30. The van der Waals surface area contributed by atoms with Gasteiger partial charge in [0.05, 0.1) is 10.6 Å². The van der Waals surface area contributed by atoms with E-state index in [0.29, 0.717) is 16.3 Å². The zero-order chi connectivity index (χ0) is 28.7. The summed E-state index contributed by atoms with van der Waals surface area (Å²) in [5.74, 6) is -0.843. The first-order valence-corrected chi connectivity index (χ1v) is 15.2. The number of hydrogen-bond donors (Lipinski definition) is 1.